The summed E-state index contributed by atoms with van der Waals surface area (Å²) in [7, 11) is 0. The van der Waals surface area contributed by atoms with Gasteiger partial charge in [0.1, 0.15) is 0 Å². The van der Waals surface area contributed by atoms with E-state index in [1.165, 1.54) is 11.0 Å². The highest BCUT2D eigenvalue weighted by atomic mass is 19.4. The lowest BCUT2D eigenvalue weighted by Crippen LogP contribution is -2.38. The van der Waals surface area contributed by atoms with Gasteiger partial charge >= 0.3 is 6.18 Å². The third-order valence-electron chi connectivity index (χ3n) is 2.82. The minimum Gasteiger partial charge on any atom is -0.504 e. The Balaban J connectivity index is 2.86. The van der Waals surface area contributed by atoms with Crippen molar-refractivity contribution >= 4 is 0 Å². The Morgan fingerprint density at radius 1 is 1.30 bits per heavy atom. The molecular formula is C14H20F3NO2. The molecule has 0 aromatic heterocycles. The zero-order valence-electron chi connectivity index (χ0n) is 11.9. The summed E-state index contributed by atoms with van der Waals surface area (Å²) in [5.74, 6) is 0.281. The highest BCUT2D eigenvalue weighted by Crippen LogP contribution is 2.28. The van der Waals surface area contributed by atoms with Gasteiger partial charge in [-0.2, -0.15) is 13.2 Å². The van der Waals surface area contributed by atoms with Crippen LogP contribution in [0.2, 0.25) is 0 Å². The van der Waals surface area contributed by atoms with Crippen molar-refractivity contribution in [3.63, 3.8) is 0 Å². The van der Waals surface area contributed by atoms with Gasteiger partial charge < -0.3 is 9.84 Å². The van der Waals surface area contributed by atoms with Crippen LogP contribution in [0.25, 0.3) is 0 Å². The quantitative estimate of drug-likeness (QED) is 0.870. The van der Waals surface area contributed by atoms with E-state index in [2.05, 4.69) is 0 Å². The Kier molecular flexibility index (Phi) is 5.68. The molecule has 1 N–H and O–H groups in total. The molecule has 1 rings (SSSR count). The number of alkyl halides is 3. The molecule has 20 heavy (non-hydrogen) atoms. The fourth-order valence-corrected chi connectivity index (χ4v) is 1.81. The zero-order chi connectivity index (χ0) is 15.3. The number of nitrogens with zero attached hydrogens (tertiary/aromatic N) is 1. The second-order valence-corrected chi connectivity index (χ2v) is 4.85. The predicted molar refractivity (Wildman–Crippen MR) is 70.9 cm³/mol. The number of benzene rings is 1. The maximum Gasteiger partial charge on any atom is 0.401 e. The average molecular weight is 291 g/mol. The number of halogens is 3. The molecule has 0 saturated heterocycles. The van der Waals surface area contributed by atoms with E-state index >= 15 is 0 Å². The van der Waals surface area contributed by atoms with Gasteiger partial charge in [0.2, 0.25) is 0 Å². The summed E-state index contributed by atoms with van der Waals surface area (Å²) in [6.45, 7) is 4.78. The van der Waals surface area contributed by atoms with E-state index in [1.54, 1.807) is 32.9 Å². The maximum absolute atomic E-state index is 12.5. The van der Waals surface area contributed by atoms with Crippen LogP contribution in [0.1, 0.15) is 26.3 Å². The summed E-state index contributed by atoms with van der Waals surface area (Å²) in [5.41, 5.74) is 0.671. The topological polar surface area (TPSA) is 32.7 Å². The molecule has 0 saturated carbocycles. The van der Waals surface area contributed by atoms with E-state index in [1.807, 2.05) is 0 Å². The molecule has 6 heteroatoms. The number of rotatable bonds is 6. The van der Waals surface area contributed by atoms with Gasteiger partial charge in [0.05, 0.1) is 13.2 Å². The van der Waals surface area contributed by atoms with Gasteiger partial charge in [0.15, 0.2) is 11.5 Å². The fraction of sp³-hybridized carbons (Fsp3) is 0.571. The third-order valence-corrected chi connectivity index (χ3v) is 2.82. The molecule has 0 unspecified atom stereocenters. The number of hydrogen-bond donors (Lipinski definition) is 1. The Labute approximate surface area is 117 Å². The number of ether oxygens (including phenoxy) is 1. The highest BCUT2D eigenvalue weighted by Gasteiger charge is 2.31. The molecule has 0 bridgehead atoms. The van der Waals surface area contributed by atoms with Gasteiger partial charge in [-0.1, -0.05) is 6.07 Å². The minimum atomic E-state index is -4.23. The summed E-state index contributed by atoms with van der Waals surface area (Å²) in [4.78, 5) is 1.32. The molecule has 0 fully saturated rings. The largest absolute Gasteiger partial charge is 0.504 e. The smallest absolute Gasteiger partial charge is 0.401 e. The van der Waals surface area contributed by atoms with Gasteiger partial charge in [0, 0.05) is 12.6 Å². The first-order valence-electron chi connectivity index (χ1n) is 6.48. The maximum atomic E-state index is 12.5. The van der Waals surface area contributed by atoms with E-state index in [-0.39, 0.29) is 18.3 Å². The standard InChI is InChI=1S/C14H20F3NO2/c1-4-20-13-7-11(5-6-12(13)19)8-18(10(2)3)9-14(15,16)17/h5-7,10,19H,4,8-9H2,1-3H3. The van der Waals surface area contributed by atoms with E-state index in [9.17, 15) is 18.3 Å². The van der Waals surface area contributed by atoms with E-state index < -0.39 is 12.7 Å². The monoisotopic (exact) mass is 291 g/mol. The molecule has 0 spiro atoms. The number of phenols is 1. The molecule has 0 radical (unpaired) electrons. The molecule has 0 heterocycles. The first-order chi connectivity index (χ1) is 9.23. The van der Waals surface area contributed by atoms with E-state index in [0.717, 1.165) is 0 Å². The van der Waals surface area contributed by atoms with Gasteiger partial charge in [-0.3, -0.25) is 4.90 Å². The van der Waals surface area contributed by atoms with Crippen molar-refractivity contribution in [1.29, 1.82) is 0 Å². The lowest BCUT2D eigenvalue weighted by atomic mass is 10.1. The van der Waals surface area contributed by atoms with Gasteiger partial charge in [0.25, 0.3) is 0 Å². The van der Waals surface area contributed by atoms with Crippen LogP contribution in [-0.4, -0.2) is 35.4 Å². The summed E-state index contributed by atoms with van der Waals surface area (Å²) < 4.78 is 42.8. The zero-order valence-corrected chi connectivity index (χ0v) is 11.9. The van der Waals surface area contributed by atoms with E-state index in [4.69, 9.17) is 4.74 Å². The summed E-state index contributed by atoms with van der Waals surface area (Å²) in [5, 5.41) is 9.58. The summed E-state index contributed by atoms with van der Waals surface area (Å²) in [6, 6.07) is 4.38. The normalized spacial score (nSPS) is 12.2. The van der Waals surface area contributed by atoms with Crippen molar-refractivity contribution in [2.75, 3.05) is 13.2 Å². The van der Waals surface area contributed by atoms with E-state index in [0.29, 0.717) is 17.9 Å². The number of aromatic hydroxyl groups is 1. The molecule has 0 aliphatic carbocycles. The van der Waals surface area contributed by atoms with Crippen LogP contribution in [0.4, 0.5) is 13.2 Å². The second kappa shape index (κ2) is 6.83. The minimum absolute atomic E-state index is 0.0116. The lowest BCUT2D eigenvalue weighted by Gasteiger charge is -2.27. The molecule has 1 aromatic carbocycles. The van der Waals surface area contributed by atoms with Crippen LogP contribution in [0.5, 0.6) is 11.5 Å². The van der Waals surface area contributed by atoms with Crippen LogP contribution in [0.3, 0.4) is 0 Å². The molecule has 0 atom stereocenters. The third kappa shape index (κ3) is 5.28. The van der Waals surface area contributed by atoms with Crippen molar-refractivity contribution < 1.29 is 23.0 Å². The van der Waals surface area contributed by atoms with Crippen LogP contribution in [0.15, 0.2) is 18.2 Å². The number of hydrogen-bond acceptors (Lipinski definition) is 3. The first kappa shape index (κ1) is 16.6. The Morgan fingerprint density at radius 2 is 1.95 bits per heavy atom. The molecule has 1 aromatic rings. The molecule has 0 aliphatic heterocycles. The summed E-state index contributed by atoms with van der Waals surface area (Å²) >= 11 is 0. The fourth-order valence-electron chi connectivity index (χ4n) is 1.81. The highest BCUT2D eigenvalue weighted by molar-refractivity contribution is 5.41. The second-order valence-electron chi connectivity index (χ2n) is 4.85. The van der Waals surface area contributed by atoms with Crippen molar-refractivity contribution in [3.05, 3.63) is 23.8 Å². The van der Waals surface area contributed by atoms with Gasteiger partial charge in [-0.15, -0.1) is 0 Å². The predicted octanol–water partition coefficient (Wildman–Crippen LogP) is 3.56. The van der Waals surface area contributed by atoms with Gasteiger partial charge in [-0.05, 0) is 38.5 Å². The molecule has 114 valence electrons. The first-order valence-corrected chi connectivity index (χ1v) is 6.48. The van der Waals surface area contributed by atoms with Crippen molar-refractivity contribution in [2.45, 2.75) is 39.5 Å². The number of phenolic OH excluding ortho intramolecular Hbond substituents is 1. The van der Waals surface area contributed by atoms with Crippen LogP contribution in [0, 0.1) is 0 Å². The van der Waals surface area contributed by atoms with Crippen molar-refractivity contribution in [3.8, 4) is 11.5 Å². The molecule has 0 amide bonds. The van der Waals surface area contributed by atoms with Crippen molar-refractivity contribution in [1.82, 2.24) is 4.90 Å². The summed E-state index contributed by atoms with van der Waals surface area (Å²) in [6.07, 6.45) is -4.23. The Hall–Kier alpha value is -1.43. The SMILES string of the molecule is CCOc1cc(CN(CC(F)(F)F)C(C)C)ccc1O. The average Bonchev–Trinajstić information content (AvgIpc) is 2.31. The lowest BCUT2D eigenvalue weighted by molar-refractivity contribution is -0.150. The molecular weight excluding hydrogens is 271 g/mol. The van der Waals surface area contributed by atoms with Crippen LogP contribution >= 0.6 is 0 Å². The Morgan fingerprint density at radius 3 is 2.45 bits per heavy atom. The van der Waals surface area contributed by atoms with Crippen molar-refractivity contribution in [2.24, 2.45) is 0 Å². The molecule has 3 nitrogen and oxygen atoms in total. The molecule has 0 aliphatic rings. The van der Waals surface area contributed by atoms with Crippen LogP contribution < -0.4 is 4.74 Å². The van der Waals surface area contributed by atoms with Gasteiger partial charge in [-0.25, -0.2) is 0 Å². The Bertz CT molecular complexity index is 433. The van der Waals surface area contributed by atoms with Crippen LogP contribution in [-0.2, 0) is 6.54 Å².